The van der Waals surface area contributed by atoms with Crippen LogP contribution in [-0.2, 0) is 13.1 Å². The maximum atomic E-state index is 12.5. The Hall–Kier alpha value is -3.11. The van der Waals surface area contributed by atoms with Crippen LogP contribution in [0.15, 0.2) is 51.9 Å². The van der Waals surface area contributed by atoms with Crippen LogP contribution in [0.2, 0.25) is 0 Å². The molecule has 0 unspecified atom stereocenters. The number of fused-ring (bicyclic) bond motifs is 2. The van der Waals surface area contributed by atoms with Gasteiger partial charge in [0.25, 0.3) is 5.56 Å². The summed E-state index contributed by atoms with van der Waals surface area (Å²) in [5, 5.41) is 9.91. The van der Waals surface area contributed by atoms with E-state index < -0.39 is 6.09 Å². The van der Waals surface area contributed by atoms with Gasteiger partial charge >= 0.3 is 6.09 Å². The van der Waals surface area contributed by atoms with Crippen LogP contribution in [0.1, 0.15) is 18.4 Å². The third-order valence-electron chi connectivity index (χ3n) is 6.65. The molecule has 10 heteroatoms. The van der Waals surface area contributed by atoms with Crippen molar-refractivity contribution in [3.8, 4) is 11.5 Å². The largest absolute Gasteiger partial charge is 0.486 e. The molecule has 35 heavy (non-hydrogen) atoms. The molecule has 5 rings (SSSR count). The van der Waals surface area contributed by atoms with Crippen molar-refractivity contribution in [3.05, 3.63) is 63.0 Å². The number of ether oxygens (including phenoxy) is 2. The zero-order valence-corrected chi connectivity index (χ0v) is 20.8. The molecule has 3 aromatic rings. The van der Waals surface area contributed by atoms with Gasteiger partial charge in [-0.3, -0.25) is 4.79 Å². The van der Waals surface area contributed by atoms with Gasteiger partial charge in [0.05, 0.1) is 17.2 Å². The summed E-state index contributed by atoms with van der Waals surface area (Å²) in [6.45, 7) is 4.15. The number of nitrogens with zero attached hydrogens (tertiary/aromatic N) is 4. The predicted molar refractivity (Wildman–Crippen MR) is 134 cm³/mol. The highest BCUT2D eigenvalue weighted by molar-refractivity contribution is 9.10. The van der Waals surface area contributed by atoms with Crippen molar-refractivity contribution in [1.29, 1.82) is 0 Å². The van der Waals surface area contributed by atoms with Crippen LogP contribution in [0.5, 0.6) is 11.5 Å². The second-order valence-electron chi connectivity index (χ2n) is 8.84. The number of hydrogen-bond acceptors (Lipinski definition) is 6. The maximum absolute atomic E-state index is 12.5. The number of hydrogen-bond donors (Lipinski definition) is 1. The quantitative estimate of drug-likeness (QED) is 0.508. The SMILES string of the molecule is O=C(O)N(Cc1ccc2c(c1)OCCO2)C1CCN(CCn2c(=O)cnc3ccc(Br)cc32)CC1. The zero-order chi connectivity index (χ0) is 24.4. The van der Waals surface area contributed by atoms with Crippen LogP contribution in [0, 0.1) is 0 Å². The fourth-order valence-corrected chi connectivity index (χ4v) is 5.15. The molecule has 9 nitrogen and oxygen atoms in total. The molecule has 0 atom stereocenters. The molecule has 2 aliphatic rings. The van der Waals surface area contributed by atoms with Crippen molar-refractivity contribution < 1.29 is 19.4 Å². The monoisotopic (exact) mass is 542 g/mol. The summed E-state index contributed by atoms with van der Waals surface area (Å²) >= 11 is 3.47. The summed E-state index contributed by atoms with van der Waals surface area (Å²) in [4.78, 5) is 32.6. The Morgan fingerprint density at radius 2 is 1.86 bits per heavy atom. The Balaban J connectivity index is 1.21. The number of amides is 1. The minimum atomic E-state index is -0.918. The van der Waals surface area contributed by atoms with E-state index in [1.165, 1.54) is 11.1 Å². The fourth-order valence-electron chi connectivity index (χ4n) is 4.80. The molecule has 184 valence electrons. The number of piperidine rings is 1. The molecule has 0 radical (unpaired) electrons. The van der Waals surface area contributed by atoms with E-state index in [4.69, 9.17) is 9.47 Å². The van der Waals surface area contributed by atoms with E-state index in [0.29, 0.717) is 44.3 Å². The number of benzene rings is 2. The lowest BCUT2D eigenvalue weighted by Gasteiger charge is -2.37. The summed E-state index contributed by atoms with van der Waals surface area (Å²) in [7, 11) is 0. The summed E-state index contributed by atoms with van der Waals surface area (Å²) in [6, 6.07) is 11.3. The van der Waals surface area contributed by atoms with E-state index in [9.17, 15) is 14.7 Å². The van der Waals surface area contributed by atoms with Crippen LogP contribution < -0.4 is 15.0 Å². The van der Waals surface area contributed by atoms with Crippen molar-refractivity contribution in [1.82, 2.24) is 19.4 Å². The molecule has 2 aliphatic heterocycles. The van der Waals surface area contributed by atoms with Gasteiger partial charge in [-0.2, -0.15) is 0 Å². The highest BCUT2D eigenvalue weighted by atomic mass is 79.9. The van der Waals surface area contributed by atoms with E-state index in [0.717, 1.165) is 47.0 Å². The van der Waals surface area contributed by atoms with Gasteiger partial charge in [0, 0.05) is 43.2 Å². The lowest BCUT2D eigenvalue weighted by atomic mass is 10.0. The Labute approximate surface area is 211 Å². The molecule has 1 amide bonds. The normalized spacial score (nSPS) is 16.4. The Bertz CT molecular complexity index is 1290. The van der Waals surface area contributed by atoms with Crippen molar-refractivity contribution in [2.45, 2.75) is 32.0 Å². The third kappa shape index (κ3) is 5.28. The van der Waals surface area contributed by atoms with Gasteiger partial charge in [-0.25, -0.2) is 9.78 Å². The van der Waals surface area contributed by atoms with Gasteiger partial charge in [0.2, 0.25) is 0 Å². The molecule has 0 bridgehead atoms. The van der Waals surface area contributed by atoms with Crippen LogP contribution in [-0.4, -0.2) is 69.4 Å². The summed E-state index contributed by atoms with van der Waals surface area (Å²) < 4.78 is 13.9. The molecule has 1 aromatic heterocycles. The molecule has 1 saturated heterocycles. The molecular weight excluding hydrogens is 516 g/mol. The van der Waals surface area contributed by atoms with Gasteiger partial charge in [-0.1, -0.05) is 22.0 Å². The molecule has 1 fully saturated rings. The van der Waals surface area contributed by atoms with E-state index in [1.807, 2.05) is 36.4 Å². The molecule has 3 heterocycles. The summed E-state index contributed by atoms with van der Waals surface area (Å²) in [5.74, 6) is 1.36. The summed E-state index contributed by atoms with van der Waals surface area (Å²) in [5.41, 5.74) is 2.34. The van der Waals surface area contributed by atoms with Crippen LogP contribution in [0.25, 0.3) is 11.0 Å². The first kappa shape index (κ1) is 23.6. The molecule has 0 saturated carbocycles. The highest BCUT2D eigenvalue weighted by Gasteiger charge is 2.28. The number of carbonyl (C=O) groups is 1. The first-order valence-corrected chi connectivity index (χ1v) is 12.5. The van der Waals surface area contributed by atoms with Gasteiger partial charge in [-0.15, -0.1) is 0 Å². The van der Waals surface area contributed by atoms with E-state index >= 15 is 0 Å². The first-order chi connectivity index (χ1) is 17.0. The minimum absolute atomic E-state index is 0.0580. The molecule has 0 aliphatic carbocycles. The van der Waals surface area contributed by atoms with Crippen LogP contribution >= 0.6 is 15.9 Å². The van der Waals surface area contributed by atoms with E-state index in [2.05, 4.69) is 25.8 Å². The van der Waals surface area contributed by atoms with E-state index in [1.54, 1.807) is 4.57 Å². The summed E-state index contributed by atoms with van der Waals surface area (Å²) in [6.07, 6.45) is 1.94. The average Bonchev–Trinajstić information content (AvgIpc) is 2.87. The number of aromatic nitrogens is 2. The van der Waals surface area contributed by atoms with E-state index in [-0.39, 0.29) is 11.6 Å². The number of halogens is 1. The predicted octanol–water partition coefficient (Wildman–Crippen LogP) is 3.57. The van der Waals surface area contributed by atoms with Gasteiger partial charge < -0.3 is 28.9 Å². The fraction of sp³-hybridized carbons (Fsp3) is 0.400. The van der Waals surface area contributed by atoms with Gasteiger partial charge in [0.15, 0.2) is 11.5 Å². The first-order valence-electron chi connectivity index (χ1n) is 11.7. The minimum Gasteiger partial charge on any atom is -0.486 e. The molecular formula is C25H27BrN4O5. The van der Waals surface area contributed by atoms with Gasteiger partial charge in [0.1, 0.15) is 13.2 Å². The maximum Gasteiger partial charge on any atom is 0.407 e. The Morgan fingerprint density at radius 1 is 1.09 bits per heavy atom. The Morgan fingerprint density at radius 3 is 2.63 bits per heavy atom. The van der Waals surface area contributed by atoms with Crippen LogP contribution in [0.4, 0.5) is 4.79 Å². The second kappa shape index (κ2) is 10.2. The van der Waals surface area contributed by atoms with Crippen molar-refractivity contribution >= 4 is 33.1 Å². The standard InChI is InChI=1S/C25H27BrN4O5/c26-18-2-3-20-21(14-18)29(24(31)15-27-20)10-9-28-7-5-19(6-8-28)30(25(32)33)16-17-1-4-22-23(13-17)35-12-11-34-22/h1-4,13-15,19H,5-12,16H2,(H,32,33). The third-order valence-corrected chi connectivity index (χ3v) is 7.14. The second-order valence-corrected chi connectivity index (χ2v) is 9.76. The lowest BCUT2D eigenvalue weighted by Crippen LogP contribution is -2.47. The van der Waals surface area contributed by atoms with Crippen molar-refractivity contribution in [2.24, 2.45) is 0 Å². The number of carboxylic acid groups (broad SMARTS) is 1. The molecule has 1 N–H and O–H groups in total. The number of rotatable bonds is 6. The van der Waals surface area contributed by atoms with Crippen molar-refractivity contribution in [2.75, 3.05) is 32.8 Å². The average molecular weight is 543 g/mol. The Kier molecular flexibility index (Phi) is 6.92. The van der Waals surface area contributed by atoms with Crippen LogP contribution in [0.3, 0.4) is 0 Å². The zero-order valence-electron chi connectivity index (χ0n) is 19.2. The lowest BCUT2D eigenvalue weighted by molar-refractivity contribution is 0.0856. The van der Waals surface area contributed by atoms with Gasteiger partial charge in [-0.05, 0) is 48.7 Å². The van der Waals surface area contributed by atoms with Crippen molar-refractivity contribution in [3.63, 3.8) is 0 Å². The number of likely N-dealkylation sites (tertiary alicyclic amines) is 1. The topological polar surface area (TPSA) is 97.1 Å². The smallest absolute Gasteiger partial charge is 0.407 e. The highest BCUT2D eigenvalue weighted by Crippen LogP contribution is 2.31. The molecule has 2 aromatic carbocycles. The molecule has 0 spiro atoms.